The van der Waals surface area contributed by atoms with Crippen LogP contribution < -0.4 is 5.32 Å². The summed E-state index contributed by atoms with van der Waals surface area (Å²) in [6, 6.07) is 6.31. The fraction of sp³-hybridized carbons (Fsp3) is 0.562. The molecule has 2 rings (SSSR count). The number of rotatable bonds is 2. The molecule has 1 heterocycles. The topological polar surface area (TPSA) is 29.1 Å². The number of benzene rings is 1. The number of carbonyl (C=O) groups excluding carboxylic acids is 1. The second-order valence-electron chi connectivity index (χ2n) is 6.33. The van der Waals surface area contributed by atoms with Gasteiger partial charge in [-0.1, -0.05) is 32.9 Å². The Balaban J connectivity index is 2.34. The van der Waals surface area contributed by atoms with Crippen LogP contribution in [0.3, 0.4) is 0 Å². The number of hydrogen-bond acceptors (Lipinski definition) is 2. The van der Waals surface area contributed by atoms with Crippen LogP contribution in [0, 0.1) is 12.8 Å². The lowest BCUT2D eigenvalue weighted by Crippen LogP contribution is -2.20. The molecule has 18 heavy (non-hydrogen) atoms. The van der Waals surface area contributed by atoms with Crippen LogP contribution in [0.1, 0.15) is 48.7 Å². The molecule has 1 aliphatic rings. The monoisotopic (exact) mass is 245 g/mol. The molecule has 1 saturated heterocycles. The van der Waals surface area contributed by atoms with Crippen molar-refractivity contribution in [2.75, 3.05) is 13.1 Å². The first kappa shape index (κ1) is 13.3. The molecule has 1 fully saturated rings. The fourth-order valence-corrected chi connectivity index (χ4v) is 2.45. The molecule has 0 aliphatic carbocycles. The van der Waals surface area contributed by atoms with Crippen LogP contribution in [0.4, 0.5) is 0 Å². The minimum absolute atomic E-state index is 0.0939. The zero-order chi connectivity index (χ0) is 13.3. The molecule has 0 spiro atoms. The van der Waals surface area contributed by atoms with Crippen molar-refractivity contribution in [3.63, 3.8) is 0 Å². The minimum Gasteiger partial charge on any atom is -0.316 e. The van der Waals surface area contributed by atoms with Gasteiger partial charge in [-0.05, 0) is 42.5 Å². The predicted octanol–water partition coefficient (Wildman–Crippen LogP) is 3.08. The van der Waals surface area contributed by atoms with Crippen molar-refractivity contribution >= 4 is 5.78 Å². The van der Waals surface area contributed by atoms with Crippen LogP contribution in [-0.2, 0) is 5.41 Å². The summed E-state index contributed by atoms with van der Waals surface area (Å²) in [7, 11) is 0. The van der Waals surface area contributed by atoms with Gasteiger partial charge in [0.25, 0.3) is 0 Å². The van der Waals surface area contributed by atoms with E-state index < -0.39 is 0 Å². The molecule has 1 aliphatic heterocycles. The van der Waals surface area contributed by atoms with Gasteiger partial charge in [0.15, 0.2) is 5.78 Å². The zero-order valence-corrected chi connectivity index (χ0v) is 11.8. The van der Waals surface area contributed by atoms with E-state index in [-0.39, 0.29) is 11.3 Å². The van der Waals surface area contributed by atoms with Gasteiger partial charge in [-0.25, -0.2) is 0 Å². The van der Waals surface area contributed by atoms with Crippen LogP contribution in [0.15, 0.2) is 18.2 Å². The summed E-state index contributed by atoms with van der Waals surface area (Å²) in [5, 5.41) is 3.27. The average Bonchev–Trinajstić information content (AvgIpc) is 2.80. The van der Waals surface area contributed by atoms with Gasteiger partial charge in [-0.15, -0.1) is 0 Å². The maximum atomic E-state index is 12.5. The average molecular weight is 245 g/mol. The molecule has 1 atom stereocenters. The van der Waals surface area contributed by atoms with Gasteiger partial charge in [0.2, 0.25) is 0 Å². The van der Waals surface area contributed by atoms with Crippen molar-refractivity contribution in [2.24, 2.45) is 5.92 Å². The molecule has 0 bridgehead atoms. The summed E-state index contributed by atoms with van der Waals surface area (Å²) >= 11 is 0. The Labute approximate surface area is 110 Å². The Hall–Kier alpha value is -1.15. The molecule has 1 unspecified atom stereocenters. The summed E-state index contributed by atoms with van der Waals surface area (Å²) in [5.74, 6) is 0.475. The SMILES string of the molecule is Cc1ccc(C(C)(C)C)cc1C(=O)C1CCNC1. The second kappa shape index (κ2) is 4.85. The maximum absolute atomic E-state index is 12.5. The summed E-state index contributed by atoms with van der Waals surface area (Å²) in [5.41, 5.74) is 3.34. The van der Waals surface area contributed by atoms with Gasteiger partial charge < -0.3 is 5.32 Å². The van der Waals surface area contributed by atoms with E-state index in [1.165, 1.54) is 5.56 Å². The van der Waals surface area contributed by atoms with E-state index >= 15 is 0 Å². The van der Waals surface area contributed by atoms with Gasteiger partial charge in [0, 0.05) is 18.0 Å². The summed E-state index contributed by atoms with van der Waals surface area (Å²) in [6.07, 6.45) is 0.970. The lowest BCUT2D eigenvalue weighted by Gasteiger charge is -2.21. The number of ketones is 1. The Kier molecular flexibility index (Phi) is 3.58. The van der Waals surface area contributed by atoms with Gasteiger partial charge >= 0.3 is 0 Å². The molecule has 0 amide bonds. The normalized spacial score (nSPS) is 20.1. The van der Waals surface area contributed by atoms with Crippen molar-refractivity contribution < 1.29 is 4.79 Å². The Morgan fingerprint density at radius 3 is 2.61 bits per heavy atom. The van der Waals surface area contributed by atoms with Crippen LogP contribution in [0.2, 0.25) is 0 Å². The molecule has 2 heteroatoms. The highest BCUT2D eigenvalue weighted by Gasteiger charge is 2.25. The van der Waals surface area contributed by atoms with Crippen LogP contribution in [-0.4, -0.2) is 18.9 Å². The van der Waals surface area contributed by atoms with Crippen LogP contribution in [0.25, 0.3) is 0 Å². The molecule has 0 radical (unpaired) electrons. The highest BCUT2D eigenvalue weighted by atomic mass is 16.1. The van der Waals surface area contributed by atoms with Crippen LogP contribution in [0.5, 0.6) is 0 Å². The van der Waals surface area contributed by atoms with Gasteiger partial charge in [0.05, 0.1) is 0 Å². The third-order valence-corrected chi connectivity index (χ3v) is 3.80. The zero-order valence-electron chi connectivity index (χ0n) is 11.8. The summed E-state index contributed by atoms with van der Waals surface area (Å²) in [6.45, 7) is 10.4. The van der Waals surface area contributed by atoms with Gasteiger partial charge in [0.1, 0.15) is 0 Å². The molecule has 1 aromatic rings. The third kappa shape index (κ3) is 2.64. The Morgan fingerprint density at radius 2 is 2.06 bits per heavy atom. The number of aryl methyl sites for hydroxylation is 1. The molecular formula is C16H23NO. The molecular weight excluding hydrogens is 222 g/mol. The molecule has 1 N–H and O–H groups in total. The predicted molar refractivity (Wildman–Crippen MR) is 75.2 cm³/mol. The number of nitrogens with one attached hydrogen (secondary N) is 1. The highest BCUT2D eigenvalue weighted by molar-refractivity contribution is 5.99. The molecule has 0 aromatic heterocycles. The first-order chi connectivity index (χ1) is 8.39. The summed E-state index contributed by atoms with van der Waals surface area (Å²) in [4.78, 5) is 12.5. The van der Waals surface area contributed by atoms with E-state index in [0.29, 0.717) is 5.78 Å². The summed E-state index contributed by atoms with van der Waals surface area (Å²) < 4.78 is 0. The Morgan fingerprint density at radius 1 is 1.33 bits per heavy atom. The highest BCUT2D eigenvalue weighted by Crippen LogP contribution is 2.26. The van der Waals surface area contributed by atoms with E-state index in [9.17, 15) is 4.79 Å². The standard InChI is InChI=1S/C16H23NO/c1-11-5-6-13(16(2,3)4)9-14(11)15(18)12-7-8-17-10-12/h5-6,9,12,17H,7-8,10H2,1-4H3. The number of Topliss-reactive ketones (excluding diaryl/α,β-unsaturated/α-hetero) is 1. The first-order valence-corrected chi connectivity index (χ1v) is 6.75. The largest absolute Gasteiger partial charge is 0.316 e. The molecule has 2 nitrogen and oxygen atoms in total. The van der Waals surface area contributed by atoms with Crippen molar-refractivity contribution in [3.05, 3.63) is 34.9 Å². The molecule has 98 valence electrons. The van der Waals surface area contributed by atoms with Crippen molar-refractivity contribution in [1.29, 1.82) is 0 Å². The fourth-order valence-electron chi connectivity index (χ4n) is 2.45. The first-order valence-electron chi connectivity index (χ1n) is 6.75. The lowest BCUT2D eigenvalue weighted by molar-refractivity contribution is 0.0929. The van der Waals surface area contributed by atoms with E-state index in [2.05, 4.69) is 44.3 Å². The molecule has 0 saturated carbocycles. The lowest BCUT2D eigenvalue weighted by atomic mass is 9.83. The van der Waals surface area contributed by atoms with E-state index in [1.807, 2.05) is 6.92 Å². The minimum atomic E-state index is 0.0939. The van der Waals surface area contributed by atoms with E-state index in [0.717, 1.165) is 30.6 Å². The van der Waals surface area contributed by atoms with Crippen molar-refractivity contribution in [2.45, 2.75) is 39.5 Å². The maximum Gasteiger partial charge on any atom is 0.167 e. The van der Waals surface area contributed by atoms with E-state index in [1.54, 1.807) is 0 Å². The second-order valence-corrected chi connectivity index (χ2v) is 6.33. The van der Waals surface area contributed by atoms with Gasteiger partial charge in [-0.2, -0.15) is 0 Å². The van der Waals surface area contributed by atoms with Crippen molar-refractivity contribution in [3.8, 4) is 0 Å². The molecule has 1 aromatic carbocycles. The number of hydrogen-bond donors (Lipinski definition) is 1. The Bertz CT molecular complexity index is 451. The van der Waals surface area contributed by atoms with Crippen molar-refractivity contribution in [1.82, 2.24) is 5.32 Å². The third-order valence-electron chi connectivity index (χ3n) is 3.80. The quantitative estimate of drug-likeness (QED) is 0.811. The number of carbonyl (C=O) groups is 1. The smallest absolute Gasteiger partial charge is 0.167 e. The van der Waals surface area contributed by atoms with E-state index in [4.69, 9.17) is 0 Å². The van der Waals surface area contributed by atoms with Crippen LogP contribution >= 0.6 is 0 Å². The van der Waals surface area contributed by atoms with Gasteiger partial charge in [-0.3, -0.25) is 4.79 Å².